The Balaban J connectivity index is 1.50. The third-order valence-electron chi connectivity index (χ3n) is 7.66. The first-order valence-corrected chi connectivity index (χ1v) is 13.6. The summed E-state index contributed by atoms with van der Waals surface area (Å²) in [5, 5.41) is 8.11. The minimum atomic E-state index is -0.281. The van der Waals surface area contributed by atoms with Gasteiger partial charge in [0.2, 0.25) is 0 Å². The number of hydrogen-bond donors (Lipinski definition) is 1. The maximum absolute atomic E-state index is 14.1. The van der Waals surface area contributed by atoms with E-state index in [9.17, 15) is 4.79 Å². The lowest BCUT2D eigenvalue weighted by Crippen LogP contribution is -2.38. The lowest BCUT2D eigenvalue weighted by Gasteiger charge is -2.31. The van der Waals surface area contributed by atoms with Gasteiger partial charge in [-0.1, -0.05) is 68.4 Å². The first kappa shape index (κ1) is 24.7. The Morgan fingerprint density at radius 1 is 0.872 bits per heavy atom. The van der Waals surface area contributed by atoms with Crippen LogP contribution in [0.4, 0.5) is 10.5 Å². The van der Waals surface area contributed by atoms with E-state index in [0.29, 0.717) is 6.54 Å². The van der Waals surface area contributed by atoms with Crippen LogP contribution >= 0.6 is 0 Å². The highest BCUT2D eigenvalue weighted by Crippen LogP contribution is 2.38. The smallest absolute Gasteiger partial charge is 0.308 e. The molecule has 0 radical (unpaired) electrons. The van der Waals surface area contributed by atoms with Gasteiger partial charge in [0.1, 0.15) is 5.82 Å². The summed E-state index contributed by atoms with van der Waals surface area (Å²) in [6, 6.07) is 30.6. The van der Waals surface area contributed by atoms with Crippen molar-refractivity contribution in [3.8, 4) is 11.5 Å². The van der Waals surface area contributed by atoms with Gasteiger partial charge in [0.05, 0.1) is 29.7 Å². The number of carbonyl (C=O) groups excluding carboxylic acids is 1. The summed E-state index contributed by atoms with van der Waals surface area (Å²) in [4.78, 5) is 16.0. The normalized spacial score (nSPS) is 14.4. The number of aryl methyl sites for hydroxylation is 3. The molecule has 5 aromatic rings. The molecule has 1 aliphatic rings. The van der Waals surface area contributed by atoms with Crippen LogP contribution in [0.2, 0.25) is 0 Å². The summed E-state index contributed by atoms with van der Waals surface area (Å²) >= 11 is 0. The van der Waals surface area contributed by atoms with E-state index in [0.717, 1.165) is 52.5 Å². The fourth-order valence-corrected chi connectivity index (χ4v) is 5.45. The monoisotopic (exact) mass is 515 g/mol. The number of aromatic nitrogens is 3. The third-order valence-corrected chi connectivity index (χ3v) is 7.66. The van der Waals surface area contributed by atoms with E-state index in [-0.39, 0.29) is 12.1 Å². The topological polar surface area (TPSA) is 55.1 Å². The number of rotatable bonds is 5. The van der Waals surface area contributed by atoms with Gasteiger partial charge in [0.15, 0.2) is 0 Å². The molecule has 1 atom stereocenters. The molecule has 196 valence electrons. The molecule has 0 saturated heterocycles. The Morgan fingerprint density at radius 3 is 2.21 bits per heavy atom. The molecule has 0 bridgehead atoms. The van der Waals surface area contributed by atoms with Crippen molar-refractivity contribution in [3.63, 3.8) is 0 Å². The number of amides is 2. The Labute approximate surface area is 229 Å². The first-order chi connectivity index (χ1) is 19.1. The number of para-hydroxylation sites is 1. The number of fused-ring (bicyclic) bond motifs is 3. The minimum Gasteiger partial charge on any atom is -0.308 e. The van der Waals surface area contributed by atoms with Gasteiger partial charge in [-0.05, 0) is 72.9 Å². The summed E-state index contributed by atoms with van der Waals surface area (Å²) in [6.07, 6.45) is 4.00. The summed E-state index contributed by atoms with van der Waals surface area (Å²) in [6.45, 7) is 6.74. The molecule has 3 heterocycles. The molecule has 6 heteroatoms. The number of benzene rings is 3. The number of hydrogen-bond acceptors (Lipinski definition) is 2. The third kappa shape index (κ3) is 4.52. The van der Waals surface area contributed by atoms with Crippen LogP contribution in [-0.2, 0) is 19.4 Å². The zero-order valence-electron chi connectivity index (χ0n) is 22.6. The van der Waals surface area contributed by atoms with E-state index in [1.54, 1.807) is 0 Å². The molecule has 6 rings (SSSR count). The Morgan fingerprint density at radius 2 is 1.54 bits per heavy atom. The predicted molar refractivity (Wildman–Crippen MR) is 156 cm³/mol. The molecule has 39 heavy (non-hydrogen) atoms. The average Bonchev–Trinajstić information content (AvgIpc) is 3.54. The van der Waals surface area contributed by atoms with Gasteiger partial charge >= 0.3 is 6.03 Å². The first-order valence-electron chi connectivity index (χ1n) is 13.6. The van der Waals surface area contributed by atoms with E-state index in [4.69, 9.17) is 5.10 Å². The number of anilines is 1. The number of carbonyl (C=O) groups is 1. The molecule has 2 aromatic heterocycles. The fraction of sp³-hybridized carbons (Fsp3) is 0.212. The van der Waals surface area contributed by atoms with Gasteiger partial charge in [-0.25, -0.2) is 9.48 Å². The maximum Gasteiger partial charge on any atom is 0.322 e. The summed E-state index contributed by atoms with van der Waals surface area (Å²) in [5.74, 6) is 0.969. The molecule has 0 fully saturated rings. The molecule has 2 amide bonds. The molecule has 3 aromatic carbocycles. The summed E-state index contributed by atoms with van der Waals surface area (Å²) < 4.78 is 4.19. The molecule has 1 aliphatic heterocycles. The van der Waals surface area contributed by atoms with Crippen molar-refractivity contribution in [2.45, 2.75) is 46.2 Å². The quantitative estimate of drug-likeness (QED) is 0.268. The van der Waals surface area contributed by atoms with E-state index in [1.165, 1.54) is 11.1 Å². The van der Waals surface area contributed by atoms with E-state index >= 15 is 0 Å². The fourth-order valence-electron chi connectivity index (χ4n) is 5.45. The number of nitrogens with zero attached hydrogens (tertiary/aromatic N) is 4. The molecule has 0 spiro atoms. The van der Waals surface area contributed by atoms with Crippen LogP contribution < -0.4 is 5.32 Å². The largest absolute Gasteiger partial charge is 0.322 e. The van der Waals surface area contributed by atoms with Gasteiger partial charge in [0.25, 0.3) is 0 Å². The highest BCUT2D eigenvalue weighted by Gasteiger charge is 2.36. The molecule has 0 unspecified atom stereocenters. The highest BCUT2D eigenvalue weighted by atomic mass is 16.2. The SMILES string of the molecule is CCc1ccc(NC(=O)N2Cc3c(C)nn(-c4ccccc4)c3-n3cccc3[C@@H]2c2ccc(CC)cc2)cc1. The van der Waals surface area contributed by atoms with Gasteiger partial charge in [-0.3, -0.25) is 0 Å². The van der Waals surface area contributed by atoms with Gasteiger partial charge in [-0.2, -0.15) is 5.10 Å². The van der Waals surface area contributed by atoms with Crippen molar-refractivity contribution in [1.29, 1.82) is 0 Å². The standard InChI is InChI=1S/C33H33N5O/c1-4-24-13-17-26(18-14-24)31-30-12-9-21-36(30)32-29(23(3)35-38(32)28-10-7-6-8-11-28)22-37(31)33(39)34-27-19-15-25(5-2)16-20-27/h6-21,31H,4-5,22H2,1-3H3,(H,34,39)/t31-/m0/s1. The second-order valence-electron chi connectivity index (χ2n) is 10.0. The second kappa shape index (κ2) is 10.3. The van der Waals surface area contributed by atoms with Crippen molar-refractivity contribution >= 4 is 11.7 Å². The van der Waals surface area contributed by atoms with E-state index < -0.39 is 0 Å². The molecule has 0 saturated carbocycles. The molecule has 6 nitrogen and oxygen atoms in total. The summed E-state index contributed by atoms with van der Waals surface area (Å²) in [7, 11) is 0. The zero-order valence-corrected chi connectivity index (χ0v) is 22.6. The van der Waals surface area contributed by atoms with E-state index in [2.05, 4.69) is 90.6 Å². The molecule has 1 N–H and O–H groups in total. The van der Waals surface area contributed by atoms with Crippen molar-refractivity contribution in [1.82, 2.24) is 19.2 Å². The van der Waals surface area contributed by atoms with Crippen molar-refractivity contribution in [2.24, 2.45) is 0 Å². The van der Waals surface area contributed by atoms with Crippen LogP contribution in [-0.4, -0.2) is 25.3 Å². The molecule has 0 aliphatic carbocycles. The van der Waals surface area contributed by atoms with Crippen LogP contribution in [0.25, 0.3) is 11.5 Å². The van der Waals surface area contributed by atoms with Crippen molar-refractivity contribution in [3.05, 3.63) is 131 Å². The zero-order chi connectivity index (χ0) is 26.9. The maximum atomic E-state index is 14.1. The van der Waals surface area contributed by atoms with E-state index in [1.807, 2.05) is 46.8 Å². The Hall–Kier alpha value is -4.58. The van der Waals surface area contributed by atoms with Crippen LogP contribution in [0.1, 0.15) is 53.5 Å². The Kier molecular flexibility index (Phi) is 6.53. The highest BCUT2D eigenvalue weighted by molar-refractivity contribution is 5.90. The van der Waals surface area contributed by atoms with Crippen LogP contribution in [0.5, 0.6) is 0 Å². The average molecular weight is 516 g/mol. The minimum absolute atomic E-state index is 0.142. The predicted octanol–water partition coefficient (Wildman–Crippen LogP) is 7.23. The molecular formula is C33H33N5O. The van der Waals surface area contributed by atoms with Gasteiger partial charge in [0, 0.05) is 17.4 Å². The van der Waals surface area contributed by atoms with Gasteiger partial charge < -0.3 is 14.8 Å². The summed E-state index contributed by atoms with van der Waals surface area (Å²) in [5.41, 5.74) is 8.31. The van der Waals surface area contributed by atoms with Crippen LogP contribution in [0, 0.1) is 6.92 Å². The number of urea groups is 1. The van der Waals surface area contributed by atoms with Crippen LogP contribution in [0.15, 0.2) is 97.2 Å². The van der Waals surface area contributed by atoms with Gasteiger partial charge in [-0.15, -0.1) is 0 Å². The van der Waals surface area contributed by atoms with Crippen molar-refractivity contribution in [2.75, 3.05) is 5.32 Å². The Bertz CT molecular complexity index is 1600. The lowest BCUT2D eigenvalue weighted by molar-refractivity contribution is 0.194. The van der Waals surface area contributed by atoms with Crippen molar-refractivity contribution < 1.29 is 4.79 Å². The lowest BCUT2D eigenvalue weighted by atomic mass is 9.99. The second-order valence-corrected chi connectivity index (χ2v) is 10.0. The van der Waals surface area contributed by atoms with Crippen LogP contribution in [0.3, 0.4) is 0 Å². The number of nitrogens with one attached hydrogen (secondary N) is 1. The molecular weight excluding hydrogens is 482 g/mol.